The lowest BCUT2D eigenvalue weighted by Crippen LogP contribution is -2.37. The number of ether oxygens (including phenoxy) is 1. The molecule has 1 saturated heterocycles. The largest absolute Gasteiger partial charge is 0.400 e. The summed E-state index contributed by atoms with van der Waals surface area (Å²) in [6.07, 6.45) is -2.20. The summed E-state index contributed by atoms with van der Waals surface area (Å²) in [5, 5.41) is 6.23. The van der Waals surface area contributed by atoms with Gasteiger partial charge in [-0.1, -0.05) is 18.2 Å². The molecule has 1 fully saturated rings. The third kappa shape index (κ3) is 7.60. The number of rotatable bonds is 11. The number of aliphatic hydroxyl groups is 1. The van der Waals surface area contributed by atoms with Crippen molar-refractivity contribution in [3.8, 4) is 0 Å². The number of benzene rings is 1. The van der Waals surface area contributed by atoms with Gasteiger partial charge in [-0.25, -0.2) is 30.6 Å². The zero-order valence-corrected chi connectivity index (χ0v) is 24.6. The van der Waals surface area contributed by atoms with E-state index in [4.69, 9.17) is 23.2 Å². The van der Waals surface area contributed by atoms with Crippen molar-refractivity contribution in [1.29, 1.82) is 1.43 Å². The monoisotopic (exact) mass is 592 g/mol. The summed E-state index contributed by atoms with van der Waals surface area (Å²) < 4.78 is 51.5. The van der Waals surface area contributed by atoms with Crippen LogP contribution in [0.4, 0.5) is 10.2 Å². The molecule has 0 spiro atoms. The van der Waals surface area contributed by atoms with Gasteiger partial charge in [0.1, 0.15) is 19.0 Å². The molecule has 222 valence electrons. The number of anilines is 1. The highest BCUT2D eigenvalue weighted by molar-refractivity contribution is 7.44. The average Bonchev–Trinajstić information content (AvgIpc) is 3.54. The minimum absolute atomic E-state index is 0.0310. The molecule has 2 N–H and O–H groups in total. The first kappa shape index (κ1) is 29.4. The second-order valence-electron chi connectivity index (χ2n) is 9.47. The fourth-order valence-electron chi connectivity index (χ4n) is 4.34. The molecule has 3 unspecified atom stereocenters. The number of alkyl halides is 1. The maximum atomic E-state index is 16.1. The van der Waals surface area contributed by atoms with Crippen LogP contribution in [0, 0.1) is 6.57 Å². The Morgan fingerprint density at radius 2 is 2.05 bits per heavy atom. The van der Waals surface area contributed by atoms with Crippen LogP contribution in [0.5, 0.6) is 0 Å². The van der Waals surface area contributed by atoms with Crippen LogP contribution in [0.15, 0.2) is 43.0 Å². The predicted octanol–water partition coefficient (Wildman–Crippen LogP) is 4.61. The number of aromatic nitrogens is 4. The summed E-state index contributed by atoms with van der Waals surface area (Å²) in [5.74, 6) is -0.193. The fourth-order valence-corrected chi connectivity index (χ4v) is 6.09. The van der Waals surface area contributed by atoms with Crippen molar-refractivity contribution in [2.45, 2.75) is 71.3 Å². The lowest BCUT2D eigenvalue weighted by molar-refractivity contribution is -0.0132. The minimum Gasteiger partial charge on any atom is -0.400 e. The molecule has 0 bridgehead atoms. The number of nitrogens with one attached hydrogen (secondary N) is 1. The molecule has 1 aliphatic heterocycles. The Balaban J connectivity index is 0.00000162. The van der Waals surface area contributed by atoms with E-state index in [2.05, 4.69) is 30.2 Å². The van der Waals surface area contributed by atoms with Crippen LogP contribution < -0.4 is 5.32 Å². The van der Waals surface area contributed by atoms with Gasteiger partial charge in [-0.2, -0.15) is 0 Å². The van der Waals surface area contributed by atoms with Crippen LogP contribution in [0.25, 0.3) is 16.0 Å². The number of imidazole rings is 1. The lowest BCUT2D eigenvalue weighted by atomic mass is 10.2. The highest BCUT2D eigenvalue weighted by Crippen LogP contribution is 2.50. The number of carbonyl (C=O) groups is 1. The molecule has 0 radical (unpaired) electrons. The van der Waals surface area contributed by atoms with Gasteiger partial charge in [0.05, 0.1) is 12.4 Å². The number of hydrogen-bond acceptors (Lipinski definition) is 9. The Morgan fingerprint density at radius 1 is 1.34 bits per heavy atom. The number of aliphatic hydroxyl groups excluding tert-OH is 1. The Labute approximate surface area is 243 Å². The van der Waals surface area contributed by atoms with Gasteiger partial charge < -0.3 is 29.1 Å². The van der Waals surface area contributed by atoms with E-state index in [1.165, 1.54) is 24.3 Å². The Kier molecular flexibility index (Phi) is 10.9. The van der Waals surface area contributed by atoms with Crippen molar-refractivity contribution < 1.29 is 29.4 Å². The topological polar surface area (TPSA) is 128 Å². The fraction of sp³-hybridized carbons (Fsp3) is 0.519. The second-order valence-corrected chi connectivity index (χ2v) is 10.9. The van der Waals surface area contributed by atoms with Crippen LogP contribution in [0.3, 0.4) is 0 Å². The van der Waals surface area contributed by atoms with Crippen molar-refractivity contribution in [2.75, 3.05) is 25.6 Å². The summed E-state index contributed by atoms with van der Waals surface area (Å²) in [7, 11) is -0.453. The third-order valence-electron chi connectivity index (χ3n) is 6.03. The van der Waals surface area contributed by atoms with E-state index in [9.17, 15) is 4.79 Å². The number of amides is 1. The first-order chi connectivity index (χ1) is 20.7. The molecular weight excluding hydrogens is 552 g/mol. The minimum atomic E-state index is -1.74. The Bertz CT molecular complexity index is 1340. The van der Waals surface area contributed by atoms with E-state index < -0.39 is 33.1 Å². The van der Waals surface area contributed by atoms with E-state index in [0.29, 0.717) is 5.56 Å². The van der Waals surface area contributed by atoms with Gasteiger partial charge in [-0.3, -0.25) is 9.36 Å². The maximum Gasteiger partial charge on any atom is 0.259 e. The Hall–Kier alpha value is -3.11. The summed E-state index contributed by atoms with van der Waals surface area (Å²) in [6.45, 7) is 15.1. The van der Waals surface area contributed by atoms with Crippen LogP contribution >= 0.6 is 8.53 Å². The molecule has 0 aliphatic carbocycles. The van der Waals surface area contributed by atoms with E-state index in [-0.39, 0.29) is 55.0 Å². The number of carbonyl (C=O) groups excluding carboxylic acids is 1. The van der Waals surface area contributed by atoms with Crippen molar-refractivity contribution >= 4 is 31.4 Å². The van der Waals surface area contributed by atoms with Crippen LogP contribution in [-0.2, 0) is 13.8 Å². The first-order valence-corrected chi connectivity index (χ1v) is 14.1. The molecule has 1 aliphatic rings. The third-order valence-corrected chi connectivity index (χ3v) is 8.16. The molecule has 1 aromatic carbocycles. The van der Waals surface area contributed by atoms with Gasteiger partial charge in [0.2, 0.25) is 7.98 Å². The number of fused-ring (bicyclic) bond motifs is 1. The van der Waals surface area contributed by atoms with Crippen molar-refractivity contribution in [3.05, 3.63) is 60.0 Å². The quantitative estimate of drug-likeness (QED) is 0.186. The SMILES string of the molecule is [2H]C[C@H]1O[C@@H](n2cnc3c(NC(=O)c4ccccc4)ncnc32)C(F)C1OP(OCC[N+]#[C-])N(C(C)C)C(C)C.[3H]OC. The zero-order chi connectivity index (χ0) is 31.5. The Morgan fingerprint density at radius 3 is 2.68 bits per heavy atom. The summed E-state index contributed by atoms with van der Waals surface area (Å²) in [5.41, 5.74) is 0.976. The van der Waals surface area contributed by atoms with Gasteiger partial charge in [-0.15, -0.1) is 0 Å². The second kappa shape index (κ2) is 15.2. The number of hydrogen-bond donors (Lipinski definition) is 2. The predicted molar refractivity (Wildman–Crippen MR) is 154 cm³/mol. The van der Waals surface area contributed by atoms with Crippen molar-refractivity contribution in [1.82, 2.24) is 24.2 Å². The van der Waals surface area contributed by atoms with Gasteiger partial charge in [0, 0.05) is 26.1 Å². The number of halogens is 1. The maximum absolute atomic E-state index is 16.1. The van der Waals surface area contributed by atoms with Gasteiger partial charge in [-0.05, 0) is 46.7 Å². The van der Waals surface area contributed by atoms with Crippen LogP contribution in [-0.4, -0.2) is 87.4 Å². The van der Waals surface area contributed by atoms with E-state index in [1.54, 1.807) is 24.3 Å². The molecule has 3 heterocycles. The molecule has 3 aromatic rings. The van der Waals surface area contributed by atoms with Crippen LogP contribution in [0.2, 0.25) is 0 Å². The molecule has 12 nitrogen and oxygen atoms in total. The van der Waals surface area contributed by atoms with E-state index >= 15 is 4.39 Å². The smallest absolute Gasteiger partial charge is 0.259 e. The normalized spacial score (nSPS) is 21.8. The highest BCUT2D eigenvalue weighted by Gasteiger charge is 2.48. The van der Waals surface area contributed by atoms with Crippen molar-refractivity contribution in [3.63, 3.8) is 0 Å². The van der Waals surface area contributed by atoms with Crippen molar-refractivity contribution in [2.24, 2.45) is 0 Å². The average molecular weight is 593 g/mol. The molecule has 4 rings (SSSR count). The van der Waals surface area contributed by atoms with E-state index in [0.717, 1.165) is 0 Å². The molecule has 1 amide bonds. The number of nitrogens with zero attached hydrogens (tertiary/aromatic N) is 6. The van der Waals surface area contributed by atoms with Gasteiger partial charge >= 0.3 is 0 Å². The summed E-state index contributed by atoms with van der Waals surface area (Å²) in [4.78, 5) is 28.8. The van der Waals surface area contributed by atoms with E-state index in [1.807, 2.05) is 38.4 Å². The molecule has 41 heavy (non-hydrogen) atoms. The molecule has 2 aromatic heterocycles. The molecule has 5 atom stereocenters. The molecule has 0 saturated carbocycles. The lowest BCUT2D eigenvalue weighted by Gasteiger charge is -2.37. The molecular formula is C27H37FN7O5P. The molecule has 14 heteroatoms. The first-order valence-electron chi connectivity index (χ1n) is 14.1. The highest BCUT2D eigenvalue weighted by atomic mass is 31.2. The van der Waals surface area contributed by atoms with Gasteiger partial charge in [0.15, 0.2) is 29.4 Å². The van der Waals surface area contributed by atoms with Crippen LogP contribution in [0.1, 0.15) is 52.6 Å². The summed E-state index contributed by atoms with van der Waals surface area (Å²) in [6, 6.07) is 8.72. The zero-order valence-electron chi connectivity index (χ0n) is 25.7. The van der Waals surface area contributed by atoms with Gasteiger partial charge in [0.25, 0.3) is 14.4 Å². The standard InChI is InChI=1S/C26H33FN7O4P.CH4O/c1-16(2)34(17(3)4)39(36-13-12-28-6)38-22-18(5)37-26(20(22)27)33-15-31-21-23(29-14-30-24(21)33)32-25(35)19-10-8-7-9-11-19;1-2/h7-11,14-18,20,22,26H,12-13H2,1-5H3,(H,29,30,32,35);2H,1H3/t18-,20?,22?,26-,39?;/m1./s1/i5D;2T. The summed E-state index contributed by atoms with van der Waals surface area (Å²) >= 11 is 0.